The predicted molar refractivity (Wildman–Crippen MR) is 113 cm³/mol. The van der Waals surface area contributed by atoms with Crippen molar-refractivity contribution in [3.8, 4) is 17.2 Å². The van der Waals surface area contributed by atoms with E-state index in [0.29, 0.717) is 35.3 Å². The average molecular weight is 430 g/mol. The number of oxime groups is 1. The van der Waals surface area contributed by atoms with E-state index in [9.17, 15) is 8.42 Å². The van der Waals surface area contributed by atoms with Crippen molar-refractivity contribution in [1.29, 1.82) is 0 Å². The van der Waals surface area contributed by atoms with Crippen molar-refractivity contribution in [3.63, 3.8) is 0 Å². The van der Waals surface area contributed by atoms with Gasteiger partial charge in [0.15, 0.2) is 17.5 Å². The summed E-state index contributed by atoms with van der Waals surface area (Å²) in [4.78, 5) is 14.0. The molecular weight excluding hydrogens is 406 g/mol. The van der Waals surface area contributed by atoms with Gasteiger partial charge in [-0.2, -0.15) is 4.68 Å². The molecule has 0 saturated carbocycles. The van der Waals surface area contributed by atoms with Crippen molar-refractivity contribution in [2.24, 2.45) is 10.9 Å². The minimum absolute atomic E-state index is 0.0715. The van der Waals surface area contributed by atoms with Crippen molar-refractivity contribution in [3.05, 3.63) is 59.5 Å². The van der Waals surface area contributed by atoms with Gasteiger partial charge in [0.2, 0.25) is 10.0 Å². The summed E-state index contributed by atoms with van der Waals surface area (Å²) in [5.74, 6) is 1.13. The number of nitrogens with one attached hydrogen (secondary N) is 1. The molecule has 2 heterocycles. The molecule has 158 valence electrons. The molecule has 3 rings (SSSR count). The van der Waals surface area contributed by atoms with E-state index in [1.807, 2.05) is 30.3 Å². The molecule has 0 radical (unpaired) electrons. The summed E-state index contributed by atoms with van der Waals surface area (Å²) in [5.41, 5.74) is 7.55. The van der Waals surface area contributed by atoms with E-state index >= 15 is 0 Å². The van der Waals surface area contributed by atoms with Gasteiger partial charge in [0.25, 0.3) is 0 Å². The van der Waals surface area contributed by atoms with Crippen LogP contribution in [0.5, 0.6) is 0 Å². The third-order valence-electron chi connectivity index (χ3n) is 4.17. The summed E-state index contributed by atoms with van der Waals surface area (Å²) in [6.07, 6.45) is 0. The lowest BCUT2D eigenvalue weighted by Crippen LogP contribution is -2.23. The number of nitrogens with zero attached hydrogens (tertiary/aromatic N) is 5. The van der Waals surface area contributed by atoms with Gasteiger partial charge in [0, 0.05) is 11.1 Å². The van der Waals surface area contributed by atoms with E-state index in [1.165, 1.54) is 11.7 Å². The Morgan fingerprint density at radius 2 is 1.93 bits per heavy atom. The van der Waals surface area contributed by atoms with Gasteiger partial charge in [-0.1, -0.05) is 41.6 Å². The van der Waals surface area contributed by atoms with E-state index in [0.717, 1.165) is 5.56 Å². The van der Waals surface area contributed by atoms with Gasteiger partial charge in [0.05, 0.1) is 5.75 Å². The van der Waals surface area contributed by atoms with Gasteiger partial charge < -0.3 is 10.6 Å². The molecule has 0 spiro atoms. The minimum Gasteiger partial charge on any atom is -0.394 e. The standard InChI is InChI=1S/C19H23N7O3S/c1-4-29-25-17(20)16-11-10-15(12-30(27,28)21-3)19(23-16)26-13(2)22-18(24-26)14-8-6-5-7-9-14/h5-11,21H,4,12H2,1-3H3,(H2,20,25). The molecule has 2 aromatic heterocycles. The number of rotatable bonds is 8. The molecule has 11 heteroatoms. The van der Waals surface area contributed by atoms with Crippen LogP contribution in [0.1, 0.15) is 24.0 Å². The first-order valence-corrected chi connectivity index (χ1v) is 10.9. The Morgan fingerprint density at radius 1 is 1.20 bits per heavy atom. The number of aromatic nitrogens is 4. The van der Waals surface area contributed by atoms with Gasteiger partial charge >= 0.3 is 0 Å². The maximum atomic E-state index is 12.2. The number of aryl methyl sites for hydroxylation is 1. The fourth-order valence-electron chi connectivity index (χ4n) is 2.67. The molecule has 0 aliphatic heterocycles. The SMILES string of the molecule is CCO/N=C(\N)c1ccc(CS(=O)(=O)NC)c(-n2nc(-c3ccccc3)nc2C)n1. The highest BCUT2D eigenvalue weighted by Crippen LogP contribution is 2.21. The van der Waals surface area contributed by atoms with Crippen molar-refractivity contribution in [2.75, 3.05) is 13.7 Å². The summed E-state index contributed by atoms with van der Waals surface area (Å²) in [6.45, 7) is 3.90. The van der Waals surface area contributed by atoms with Crippen LogP contribution < -0.4 is 10.5 Å². The van der Waals surface area contributed by atoms with Crippen molar-refractivity contribution < 1.29 is 13.3 Å². The molecule has 3 N–H and O–H groups in total. The molecule has 0 atom stereocenters. The molecule has 10 nitrogen and oxygen atoms in total. The zero-order valence-electron chi connectivity index (χ0n) is 16.9. The first-order valence-electron chi connectivity index (χ1n) is 9.21. The Hall–Kier alpha value is -3.31. The molecule has 30 heavy (non-hydrogen) atoms. The molecule has 0 saturated heterocycles. The Morgan fingerprint density at radius 3 is 2.60 bits per heavy atom. The number of sulfonamides is 1. The van der Waals surface area contributed by atoms with Crippen LogP contribution >= 0.6 is 0 Å². The fourth-order valence-corrected chi connectivity index (χ4v) is 3.45. The molecule has 0 bridgehead atoms. The summed E-state index contributed by atoms with van der Waals surface area (Å²) in [6, 6.07) is 12.7. The highest BCUT2D eigenvalue weighted by molar-refractivity contribution is 7.88. The normalized spacial score (nSPS) is 12.2. The number of nitrogens with two attached hydrogens (primary N) is 1. The number of amidine groups is 1. The summed E-state index contributed by atoms with van der Waals surface area (Å²) < 4.78 is 28.2. The Bertz CT molecular complexity index is 1160. The fraction of sp³-hybridized carbons (Fsp3) is 0.263. The topological polar surface area (TPSA) is 137 Å². The van der Waals surface area contributed by atoms with Crippen LogP contribution in [0, 0.1) is 6.92 Å². The molecule has 1 aromatic carbocycles. The third kappa shape index (κ3) is 4.81. The maximum absolute atomic E-state index is 12.2. The lowest BCUT2D eigenvalue weighted by atomic mass is 10.2. The molecule has 0 unspecified atom stereocenters. The van der Waals surface area contributed by atoms with Crippen LogP contribution in [0.2, 0.25) is 0 Å². The second-order valence-corrected chi connectivity index (χ2v) is 8.22. The van der Waals surface area contributed by atoms with Gasteiger partial charge in [-0.15, -0.1) is 5.10 Å². The summed E-state index contributed by atoms with van der Waals surface area (Å²) in [5, 5.41) is 8.34. The van der Waals surface area contributed by atoms with E-state index in [4.69, 9.17) is 10.6 Å². The van der Waals surface area contributed by atoms with Crippen LogP contribution in [0.25, 0.3) is 17.2 Å². The van der Waals surface area contributed by atoms with Crippen molar-refractivity contribution >= 4 is 15.9 Å². The van der Waals surface area contributed by atoms with Crippen LogP contribution in [0.4, 0.5) is 0 Å². The first-order chi connectivity index (χ1) is 14.3. The summed E-state index contributed by atoms with van der Waals surface area (Å²) >= 11 is 0. The number of hydrogen-bond donors (Lipinski definition) is 2. The quantitative estimate of drug-likeness (QED) is 0.313. The Labute approximate surface area is 174 Å². The molecule has 3 aromatic rings. The lowest BCUT2D eigenvalue weighted by Gasteiger charge is -2.11. The molecule has 0 amide bonds. The number of benzene rings is 1. The zero-order chi connectivity index (χ0) is 21.7. The van der Waals surface area contributed by atoms with Crippen molar-refractivity contribution in [2.45, 2.75) is 19.6 Å². The van der Waals surface area contributed by atoms with Gasteiger partial charge in [-0.3, -0.25) is 0 Å². The van der Waals surface area contributed by atoms with Crippen LogP contribution in [-0.2, 0) is 20.6 Å². The highest BCUT2D eigenvalue weighted by atomic mass is 32.2. The van der Waals surface area contributed by atoms with E-state index in [-0.39, 0.29) is 11.6 Å². The lowest BCUT2D eigenvalue weighted by molar-refractivity contribution is 0.158. The minimum atomic E-state index is -3.55. The Balaban J connectivity index is 2.14. The van der Waals surface area contributed by atoms with Crippen LogP contribution in [0.15, 0.2) is 47.6 Å². The average Bonchev–Trinajstić information content (AvgIpc) is 3.14. The monoisotopic (exact) mass is 429 g/mol. The van der Waals surface area contributed by atoms with E-state index in [1.54, 1.807) is 26.0 Å². The zero-order valence-corrected chi connectivity index (χ0v) is 17.7. The van der Waals surface area contributed by atoms with E-state index in [2.05, 4.69) is 24.9 Å². The second kappa shape index (κ2) is 9.01. The highest BCUT2D eigenvalue weighted by Gasteiger charge is 2.20. The Kier molecular flexibility index (Phi) is 6.43. The molecule has 0 aliphatic carbocycles. The molecule has 0 aliphatic rings. The first kappa shape index (κ1) is 21.4. The van der Waals surface area contributed by atoms with Gasteiger partial charge in [0.1, 0.15) is 18.1 Å². The maximum Gasteiger partial charge on any atom is 0.215 e. The summed E-state index contributed by atoms with van der Waals surface area (Å²) in [7, 11) is -2.19. The number of pyridine rings is 1. The largest absolute Gasteiger partial charge is 0.394 e. The van der Waals surface area contributed by atoms with E-state index < -0.39 is 10.0 Å². The van der Waals surface area contributed by atoms with Crippen LogP contribution in [0.3, 0.4) is 0 Å². The smallest absolute Gasteiger partial charge is 0.215 e. The second-order valence-electron chi connectivity index (χ2n) is 6.30. The van der Waals surface area contributed by atoms with Crippen LogP contribution in [-0.4, -0.2) is 47.7 Å². The van der Waals surface area contributed by atoms with Crippen molar-refractivity contribution in [1.82, 2.24) is 24.5 Å². The predicted octanol–water partition coefficient (Wildman–Crippen LogP) is 1.34. The third-order valence-corrected chi connectivity index (χ3v) is 5.48. The van der Waals surface area contributed by atoms with Gasteiger partial charge in [-0.05, 0) is 27.0 Å². The molecular formula is C19H23N7O3S. The molecule has 0 fully saturated rings. The number of hydrogen-bond acceptors (Lipinski definition) is 7. The van der Waals surface area contributed by atoms with Gasteiger partial charge in [-0.25, -0.2) is 23.1 Å².